The van der Waals surface area contributed by atoms with Gasteiger partial charge in [-0.2, -0.15) is 0 Å². The van der Waals surface area contributed by atoms with Crippen molar-refractivity contribution in [2.45, 2.75) is 32.6 Å². The minimum atomic E-state index is 0.764. The fourth-order valence-electron chi connectivity index (χ4n) is 2.98. The third kappa shape index (κ3) is 4.57. The van der Waals surface area contributed by atoms with E-state index in [0.717, 1.165) is 38.1 Å². The SMILES string of the molecule is CCC1CCCN(CCNCC2CCOC2)C1. The number of hydrogen-bond acceptors (Lipinski definition) is 3. The summed E-state index contributed by atoms with van der Waals surface area (Å²) >= 11 is 0. The van der Waals surface area contributed by atoms with Gasteiger partial charge in [0.15, 0.2) is 0 Å². The monoisotopic (exact) mass is 240 g/mol. The number of ether oxygens (including phenoxy) is 1. The first-order valence-electron chi connectivity index (χ1n) is 7.39. The molecular formula is C14H28N2O. The van der Waals surface area contributed by atoms with Crippen molar-refractivity contribution in [1.82, 2.24) is 10.2 Å². The van der Waals surface area contributed by atoms with Crippen LogP contribution < -0.4 is 5.32 Å². The molecule has 0 bridgehead atoms. The van der Waals surface area contributed by atoms with Gasteiger partial charge in [0, 0.05) is 32.8 Å². The zero-order valence-electron chi connectivity index (χ0n) is 11.3. The molecule has 0 amide bonds. The van der Waals surface area contributed by atoms with E-state index in [9.17, 15) is 0 Å². The lowest BCUT2D eigenvalue weighted by Crippen LogP contribution is -2.40. The summed E-state index contributed by atoms with van der Waals surface area (Å²) in [6.45, 7) is 10.4. The normalized spacial score (nSPS) is 30.9. The highest BCUT2D eigenvalue weighted by Gasteiger charge is 2.18. The highest BCUT2D eigenvalue weighted by atomic mass is 16.5. The third-order valence-electron chi connectivity index (χ3n) is 4.24. The van der Waals surface area contributed by atoms with Crippen molar-refractivity contribution in [2.75, 3.05) is 45.9 Å². The van der Waals surface area contributed by atoms with Crippen LogP contribution >= 0.6 is 0 Å². The second kappa shape index (κ2) is 7.34. The first-order chi connectivity index (χ1) is 8.38. The molecule has 2 aliphatic rings. The minimum Gasteiger partial charge on any atom is -0.381 e. The molecule has 2 fully saturated rings. The van der Waals surface area contributed by atoms with Gasteiger partial charge in [-0.3, -0.25) is 0 Å². The lowest BCUT2D eigenvalue weighted by Gasteiger charge is -2.32. The standard InChI is InChI=1S/C14H28N2O/c1-2-13-4-3-7-16(11-13)8-6-15-10-14-5-9-17-12-14/h13-15H,2-12H2,1H3. The molecule has 17 heavy (non-hydrogen) atoms. The molecule has 0 aliphatic carbocycles. The Labute approximate surface area is 106 Å². The van der Waals surface area contributed by atoms with Gasteiger partial charge in [0.25, 0.3) is 0 Å². The Kier molecular flexibility index (Phi) is 5.75. The van der Waals surface area contributed by atoms with E-state index in [4.69, 9.17) is 4.74 Å². The van der Waals surface area contributed by atoms with Gasteiger partial charge >= 0.3 is 0 Å². The smallest absolute Gasteiger partial charge is 0.0507 e. The van der Waals surface area contributed by atoms with Crippen molar-refractivity contribution in [3.63, 3.8) is 0 Å². The van der Waals surface area contributed by atoms with Crippen LogP contribution in [0.1, 0.15) is 32.6 Å². The van der Waals surface area contributed by atoms with Crippen LogP contribution in [0.25, 0.3) is 0 Å². The number of rotatable bonds is 6. The first kappa shape index (κ1) is 13.3. The Morgan fingerprint density at radius 2 is 2.24 bits per heavy atom. The Hall–Kier alpha value is -0.120. The van der Waals surface area contributed by atoms with Crippen molar-refractivity contribution in [3.05, 3.63) is 0 Å². The number of piperidine rings is 1. The Bertz CT molecular complexity index is 204. The maximum atomic E-state index is 5.38. The average Bonchev–Trinajstić information content (AvgIpc) is 2.88. The van der Waals surface area contributed by atoms with E-state index in [1.165, 1.54) is 45.3 Å². The number of nitrogens with one attached hydrogen (secondary N) is 1. The summed E-state index contributed by atoms with van der Waals surface area (Å²) < 4.78 is 5.38. The van der Waals surface area contributed by atoms with Crippen molar-refractivity contribution in [3.8, 4) is 0 Å². The quantitative estimate of drug-likeness (QED) is 0.716. The van der Waals surface area contributed by atoms with Crippen molar-refractivity contribution >= 4 is 0 Å². The molecule has 2 aliphatic heterocycles. The molecule has 2 unspecified atom stereocenters. The van der Waals surface area contributed by atoms with Crippen LogP contribution in [-0.4, -0.2) is 50.8 Å². The fourth-order valence-corrected chi connectivity index (χ4v) is 2.98. The van der Waals surface area contributed by atoms with Crippen molar-refractivity contribution < 1.29 is 4.74 Å². The van der Waals surface area contributed by atoms with Gasteiger partial charge in [-0.05, 0) is 37.6 Å². The van der Waals surface area contributed by atoms with Gasteiger partial charge in [0.1, 0.15) is 0 Å². The Balaban J connectivity index is 1.52. The number of likely N-dealkylation sites (tertiary alicyclic amines) is 1. The van der Waals surface area contributed by atoms with Crippen LogP contribution in [0.2, 0.25) is 0 Å². The van der Waals surface area contributed by atoms with Gasteiger partial charge in [-0.15, -0.1) is 0 Å². The molecule has 3 nitrogen and oxygen atoms in total. The molecule has 1 N–H and O–H groups in total. The predicted octanol–water partition coefficient (Wildman–Crippen LogP) is 1.73. The second-order valence-corrected chi connectivity index (χ2v) is 5.65. The Morgan fingerprint density at radius 3 is 3.00 bits per heavy atom. The highest BCUT2D eigenvalue weighted by Crippen LogP contribution is 2.18. The Morgan fingerprint density at radius 1 is 1.29 bits per heavy atom. The lowest BCUT2D eigenvalue weighted by molar-refractivity contribution is 0.169. The maximum Gasteiger partial charge on any atom is 0.0507 e. The second-order valence-electron chi connectivity index (χ2n) is 5.65. The maximum absolute atomic E-state index is 5.38. The summed E-state index contributed by atoms with van der Waals surface area (Å²) in [6, 6.07) is 0. The van der Waals surface area contributed by atoms with Crippen LogP contribution in [0.15, 0.2) is 0 Å². The molecule has 100 valence electrons. The molecule has 0 aromatic heterocycles. The zero-order chi connectivity index (χ0) is 11.9. The van der Waals surface area contributed by atoms with Crippen LogP contribution in [0.5, 0.6) is 0 Å². The van der Waals surface area contributed by atoms with Gasteiger partial charge in [-0.25, -0.2) is 0 Å². The highest BCUT2D eigenvalue weighted by molar-refractivity contribution is 4.73. The van der Waals surface area contributed by atoms with Crippen LogP contribution in [0, 0.1) is 11.8 Å². The van der Waals surface area contributed by atoms with E-state index < -0.39 is 0 Å². The van der Waals surface area contributed by atoms with Gasteiger partial charge < -0.3 is 15.0 Å². The van der Waals surface area contributed by atoms with Crippen LogP contribution in [0.4, 0.5) is 0 Å². The summed E-state index contributed by atoms with van der Waals surface area (Å²) in [7, 11) is 0. The van der Waals surface area contributed by atoms with Gasteiger partial charge in [0.05, 0.1) is 6.61 Å². The minimum absolute atomic E-state index is 0.764. The van der Waals surface area contributed by atoms with Crippen molar-refractivity contribution in [2.24, 2.45) is 11.8 Å². The molecule has 2 atom stereocenters. The molecule has 3 heteroatoms. The molecule has 0 aromatic rings. The van der Waals surface area contributed by atoms with Crippen molar-refractivity contribution in [1.29, 1.82) is 0 Å². The van der Waals surface area contributed by atoms with Crippen LogP contribution in [0.3, 0.4) is 0 Å². The molecule has 0 aromatic carbocycles. The fraction of sp³-hybridized carbons (Fsp3) is 1.00. The van der Waals surface area contributed by atoms with E-state index >= 15 is 0 Å². The van der Waals surface area contributed by atoms with E-state index in [2.05, 4.69) is 17.1 Å². The first-order valence-corrected chi connectivity index (χ1v) is 7.39. The van der Waals surface area contributed by atoms with E-state index in [-0.39, 0.29) is 0 Å². The summed E-state index contributed by atoms with van der Waals surface area (Å²) in [5.41, 5.74) is 0. The summed E-state index contributed by atoms with van der Waals surface area (Å²) in [5.74, 6) is 1.71. The lowest BCUT2D eigenvalue weighted by atomic mass is 9.96. The van der Waals surface area contributed by atoms with Gasteiger partial charge in [-0.1, -0.05) is 13.3 Å². The molecular weight excluding hydrogens is 212 g/mol. The van der Waals surface area contributed by atoms with E-state index in [1.54, 1.807) is 0 Å². The molecule has 2 saturated heterocycles. The molecule has 2 rings (SSSR count). The third-order valence-corrected chi connectivity index (χ3v) is 4.24. The van der Waals surface area contributed by atoms with E-state index in [0.29, 0.717) is 0 Å². The average molecular weight is 240 g/mol. The summed E-state index contributed by atoms with van der Waals surface area (Å²) in [5, 5.41) is 3.59. The molecule has 0 saturated carbocycles. The molecule has 0 spiro atoms. The number of hydrogen-bond donors (Lipinski definition) is 1. The summed E-state index contributed by atoms with van der Waals surface area (Å²) in [4.78, 5) is 2.63. The summed E-state index contributed by atoms with van der Waals surface area (Å²) in [6.07, 6.45) is 5.44. The number of nitrogens with zero attached hydrogens (tertiary/aromatic N) is 1. The van der Waals surface area contributed by atoms with Gasteiger partial charge in [0.2, 0.25) is 0 Å². The zero-order valence-corrected chi connectivity index (χ0v) is 11.3. The molecule has 0 radical (unpaired) electrons. The largest absolute Gasteiger partial charge is 0.381 e. The van der Waals surface area contributed by atoms with Crippen LogP contribution in [-0.2, 0) is 4.74 Å². The predicted molar refractivity (Wildman–Crippen MR) is 71.3 cm³/mol. The molecule has 2 heterocycles. The van der Waals surface area contributed by atoms with E-state index in [1.807, 2.05) is 0 Å². The topological polar surface area (TPSA) is 24.5 Å².